The first-order valence-corrected chi connectivity index (χ1v) is 6.74. The number of esters is 1. The van der Waals surface area contributed by atoms with Crippen LogP contribution in [0, 0.1) is 11.8 Å². The van der Waals surface area contributed by atoms with Crippen LogP contribution in [0.25, 0.3) is 0 Å². The van der Waals surface area contributed by atoms with Crippen LogP contribution in [0.2, 0.25) is 0 Å². The molecule has 4 nitrogen and oxygen atoms in total. The van der Waals surface area contributed by atoms with E-state index in [4.69, 9.17) is 9.47 Å². The van der Waals surface area contributed by atoms with E-state index in [2.05, 4.69) is 13.2 Å². The molecule has 2 unspecified atom stereocenters. The maximum atomic E-state index is 11.9. The van der Waals surface area contributed by atoms with E-state index in [9.17, 15) is 9.90 Å². The highest BCUT2D eigenvalue weighted by Gasteiger charge is 2.21. The minimum Gasteiger partial charge on any atom is -0.491 e. The lowest BCUT2D eigenvalue weighted by Gasteiger charge is -2.18. The summed E-state index contributed by atoms with van der Waals surface area (Å²) in [6.07, 6.45) is 2.75. The van der Waals surface area contributed by atoms with E-state index in [0.717, 1.165) is 0 Å². The Kier molecular flexibility index (Phi) is 8.64. The van der Waals surface area contributed by atoms with E-state index < -0.39 is 6.10 Å². The van der Waals surface area contributed by atoms with Gasteiger partial charge in [0, 0.05) is 0 Å². The molecule has 0 aliphatic rings. The number of ether oxygens (including phenoxy) is 2. The van der Waals surface area contributed by atoms with Gasteiger partial charge in [-0.1, -0.05) is 39.2 Å². The SMILES string of the molecule is C=C(C)C(=C)OCC(O)COC(=O)C(/C=C\C)C(C)C. The van der Waals surface area contributed by atoms with Crippen LogP contribution >= 0.6 is 0 Å². The Morgan fingerprint density at radius 2 is 1.80 bits per heavy atom. The number of aliphatic hydroxyl groups is 1. The second kappa shape index (κ2) is 9.37. The molecule has 0 aromatic heterocycles. The monoisotopic (exact) mass is 282 g/mol. The third kappa shape index (κ3) is 7.14. The summed E-state index contributed by atoms with van der Waals surface area (Å²) >= 11 is 0. The molecule has 1 N–H and O–H groups in total. The Hall–Kier alpha value is -1.55. The third-order valence-corrected chi connectivity index (χ3v) is 2.73. The number of hydrogen-bond acceptors (Lipinski definition) is 4. The molecule has 4 heteroatoms. The molecule has 0 aromatic rings. The number of rotatable bonds is 9. The van der Waals surface area contributed by atoms with Gasteiger partial charge in [-0.15, -0.1) is 0 Å². The predicted molar refractivity (Wildman–Crippen MR) is 80.0 cm³/mol. The smallest absolute Gasteiger partial charge is 0.313 e. The summed E-state index contributed by atoms with van der Waals surface area (Å²) in [7, 11) is 0. The summed E-state index contributed by atoms with van der Waals surface area (Å²) in [6, 6.07) is 0. The number of carbonyl (C=O) groups excluding carboxylic acids is 1. The Bertz CT molecular complexity index is 369. The predicted octanol–water partition coefficient (Wildman–Crippen LogP) is 2.85. The zero-order valence-corrected chi connectivity index (χ0v) is 12.9. The Morgan fingerprint density at radius 1 is 1.25 bits per heavy atom. The van der Waals surface area contributed by atoms with Crippen molar-refractivity contribution in [1.29, 1.82) is 0 Å². The van der Waals surface area contributed by atoms with Crippen molar-refractivity contribution in [1.82, 2.24) is 0 Å². The maximum absolute atomic E-state index is 11.9. The average molecular weight is 282 g/mol. The van der Waals surface area contributed by atoms with Crippen LogP contribution in [0.15, 0.2) is 36.6 Å². The van der Waals surface area contributed by atoms with E-state index >= 15 is 0 Å². The van der Waals surface area contributed by atoms with Crippen molar-refractivity contribution in [2.24, 2.45) is 11.8 Å². The maximum Gasteiger partial charge on any atom is 0.313 e. The minimum atomic E-state index is -0.881. The molecule has 0 amide bonds. The Labute approximate surface area is 121 Å². The normalized spacial score (nSPS) is 14.1. The molecule has 0 fully saturated rings. The average Bonchev–Trinajstić information content (AvgIpc) is 2.38. The summed E-state index contributed by atoms with van der Waals surface area (Å²) in [5.41, 5.74) is 0.696. The molecule has 0 heterocycles. The fourth-order valence-electron chi connectivity index (χ4n) is 1.42. The van der Waals surface area contributed by atoms with E-state index in [1.165, 1.54) is 0 Å². The van der Waals surface area contributed by atoms with Crippen LogP contribution in [0.5, 0.6) is 0 Å². The Balaban J connectivity index is 4.16. The van der Waals surface area contributed by atoms with Gasteiger partial charge in [-0.2, -0.15) is 0 Å². The molecule has 20 heavy (non-hydrogen) atoms. The van der Waals surface area contributed by atoms with Gasteiger partial charge in [0.25, 0.3) is 0 Å². The van der Waals surface area contributed by atoms with Gasteiger partial charge >= 0.3 is 5.97 Å². The highest BCUT2D eigenvalue weighted by Crippen LogP contribution is 2.15. The zero-order chi connectivity index (χ0) is 15.7. The number of carbonyl (C=O) groups is 1. The molecule has 0 spiro atoms. The van der Waals surface area contributed by atoms with Crippen LogP contribution in [-0.4, -0.2) is 30.4 Å². The van der Waals surface area contributed by atoms with Gasteiger partial charge in [0.05, 0.1) is 5.92 Å². The van der Waals surface area contributed by atoms with Crippen LogP contribution in [-0.2, 0) is 14.3 Å². The molecular formula is C16H26O4. The lowest BCUT2D eigenvalue weighted by Crippen LogP contribution is -2.28. The van der Waals surface area contributed by atoms with Crippen molar-refractivity contribution in [2.75, 3.05) is 13.2 Å². The largest absolute Gasteiger partial charge is 0.491 e. The molecule has 0 aromatic carbocycles. The lowest BCUT2D eigenvalue weighted by molar-refractivity contribution is -0.151. The number of allylic oxidation sites excluding steroid dienone is 2. The quantitative estimate of drug-likeness (QED) is 0.306. The summed E-state index contributed by atoms with van der Waals surface area (Å²) in [4.78, 5) is 11.9. The molecule has 0 bridgehead atoms. The van der Waals surface area contributed by atoms with Crippen molar-refractivity contribution in [3.63, 3.8) is 0 Å². The molecular weight excluding hydrogens is 256 g/mol. The highest BCUT2D eigenvalue weighted by molar-refractivity contribution is 5.74. The number of hydrogen-bond donors (Lipinski definition) is 1. The van der Waals surface area contributed by atoms with Crippen LogP contribution in [0.1, 0.15) is 27.7 Å². The molecule has 114 valence electrons. The van der Waals surface area contributed by atoms with Crippen LogP contribution in [0.3, 0.4) is 0 Å². The summed E-state index contributed by atoms with van der Waals surface area (Å²) in [6.45, 7) is 14.8. The highest BCUT2D eigenvalue weighted by atomic mass is 16.5. The van der Waals surface area contributed by atoms with Crippen molar-refractivity contribution in [3.05, 3.63) is 36.6 Å². The van der Waals surface area contributed by atoms with Gasteiger partial charge < -0.3 is 14.6 Å². The van der Waals surface area contributed by atoms with E-state index in [1.807, 2.05) is 26.8 Å². The second-order valence-corrected chi connectivity index (χ2v) is 5.09. The molecule has 0 radical (unpaired) electrons. The van der Waals surface area contributed by atoms with Crippen LogP contribution in [0.4, 0.5) is 0 Å². The van der Waals surface area contributed by atoms with E-state index in [0.29, 0.717) is 11.3 Å². The fraction of sp³-hybridized carbons (Fsp3) is 0.562. The van der Waals surface area contributed by atoms with Gasteiger partial charge in [0.1, 0.15) is 25.1 Å². The van der Waals surface area contributed by atoms with Crippen LogP contribution < -0.4 is 0 Å². The van der Waals surface area contributed by atoms with Gasteiger partial charge in [0.15, 0.2) is 0 Å². The van der Waals surface area contributed by atoms with Gasteiger partial charge in [-0.25, -0.2) is 0 Å². The van der Waals surface area contributed by atoms with Gasteiger partial charge in [-0.05, 0) is 25.3 Å². The van der Waals surface area contributed by atoms with E-state index in [1.54, 1.807) is 13.0 Å². The lowest BCUT2D eigenvalue weighted by atomic mass is 9.96. The molecule has 0 aliphatic heterocycles. The summed E-state index contributed by atoms with van der Waals surface area (Å²) < 4.78 is 10.3. The summed E-state index contributed by atoms with van der Waals surface area (Å²) in [5.74, 6) is -0.0611. The molecule has 0 aliphatic carbocycles. The molecule has 0 rings (SSSR count). The number of aliphatic hydroxyl groups excluding tert-OH is 1. The van der Waals surface area contributed by atoms with Crippen molar-refractivity contribution in [3.8, 4) is 0 Å². The third-order valence-electron chi connectivity index (χ3n) is 2.73. The first-order chi connectivity index (χ1) is 9.29. The standard InChI is InChI=1S/C16H26O4/c1-7-8-15(12(4)5)16(18)20-10-14(17)9-19-13(6)11(2)3/h7-8,12,14-15,17H,2,6,9-10H2,1,3-5H3/b8-7-. The van der Waals surface area contributed by atoms with Crippen molar-refractivity contribution < 1.29 is 19.4 Å². The van der Waals surface area contributed by atoms with Crippen molar-refractivity contribution in [2.45, 2.75) is 33.8 Å². The van der Waals surface area contributed by atoms with Crippen molar-refractivity contribution >= 4 is 5.97 Å². The van der Waals surface area contributed by atoms with Gasteiger partial charge in [0.2, 0.25) is 0 Å². The molecule has 0 saturated heterocycles. The first kappa shape index (κ1) is 18.4. The minimum absolute atomic E-state index is 0.0228. The van der Waals surface area contributed by atoms with E-state index in [-0.39, 0.29) is 31.0 Å². The molecule has 0 saturated carbocycles. The topological polar surface area (TPSA) is 55.8 Å². The second-order valence-electron chi connectivity index (χ2n) is 5.09. The summed E-state index contributed by atoms with van der Waals surface area (Å²) in [5, 5.41) is 9.69. The fourth-order valence-corrected chi connectivity index (χ4v) is 1.42. The zero-order valence-electron chi connectivity index (χ0n) is 12.9. The van der Waals surface area contributed by atoms with Gasteiger partial charge in [-0.3, -0.25) is 4.79 Å². The molecule has 2 atom stereocenters. The Morgan fingerprint density at radius 3 is 2.25 bits per heavy atom. The first-order valence-electron chi connectivity index (χ1n) is 6.74.